The van der Waals surface area contributed by atoms with Crippen molar-refractivity contribution in [2.75, 3.05) is 20.3 Å². The lowest BCUT2D eigenvalue weighted by Gasteiger charge is -2.17. The molecule has 16 heavy (non-hydrogen) atoms. The van der Waals surface area contributed by atoms with Crippen LogP contribution in [0, 0.1) is 0 Å². The first kappa shape index (κ1) is 12.6. The number of hydroxylamine groups is 1. The molecule has 0 aromatic heterocycles. The third kappa shape index (κ3) is 4.39. The van der Waals surface area contributed by atoms with Crippen molar-refractivity contribution in [3.63, 3.8) is 0 Å². The molecule has 1 rings (SSSR count). The molecule has 1 atom stereocenters. The smallest absolute Gasteiger partial charge is 0.245 e. The minimum absolute atomic E-state index is 0.120. The second-order valence-electron chi connectivity index (χ2n) is 3.29. The number of benzene rings is 1. The summed E-state index contributed by atoms with van der Waals surface area (Å²) in [6, 6.07) is 9.55. The van der Waals surface area contributed by atoms with Gasteiger partial charge in [0.25, 0.3) is 0 Å². The van der Waals surface area contributed by atoms with Gasteiger partial charge in [0, 0.05) is 7.11 Å². The molecule has 5 nitrogen and oxygen atoms in total. The second-order valence-corrected chi connectivity index (χ2v) is 3.29. The highest BCUT2D eigenvalue weighted by Crippen LogP contribution is 2.12. The van der Waals surface area contributed by atoms with Gasteiger partial charge in [0.15, 0.2) is 0 Å². The lowest BCUT2D eigenvalue weighted by atomic mass is 10.1. The van der Waals surface area contributed by atoms with E-state index in [0.29, 0.717) is 6.61 Å². The molecule has 0 saturated heterocycles. The van der Waals surface area contributed by atoms with Crippen molar-refractivity contribution in [2.24, 2.45) is 5.73 Å². The molecule has 1 amide bonds. The Morgan fingerprint density at radius 2 is 2.12 bits per heavy atom. The normalized spacial score (nSPS) is 12.3. The van der Waals surface area contributed by atoms with E-state index in [0.717, 1.165) is 5.56 Å². The number of hydrogen-bond acceptors (Lipinski definition) is 4. The molecule has 1 aromatic carbocycles. The maximum Gasteiger partial charge on any atom is 0.245 e. The largest absolute Gasteiger partial charge is 0.383 e. The number of nitrogens with one attached hydrogen (secondary N) is 1. The van der Waals surface area contributed by atoms with Gasteiger partial charge >= 0.3 is 0 Å². The molecule has 88 valence electrons. The molecule has 0 aliphatic heterocycles. The number of hydrogen-bond donors (Lipinski definition) is 2. The molecule has 0 fully saturated rings. The van der Waals surface area contributed by atoms with Crippen molar-refractivity contribution in [3.05, 3.63) is 35.9 Å². The molecule has 0 saturated carbocycles. The Labute approximate surface area is 94.5 Å². The summed E-state index contributed by atoms with van der Waals surface area (Å²) in [6.45, 7) is 0.288. The maximum atomic E-state index is 10.5. The zero-order chi connectivity index (χ0) is 11.8. The predicted molar refractivity (Wildman–Crippen MR) is 59.3 cm³/mol. The van der Waals surface area contributed by atoms with Crippen LogP contribution in [0.1, 0.15) is 11.6 Å². The minimum Gasteiger partial charge on any atom is -0.383 e. The Hall–Kier alpha value is -1.43. The molecular weight excluding hydrogens is 208 g/mol. The molecule has 0 bridgehead atoms. The van der Waals surface area contributed by atoms with Gasteiger partial charge in [0.2, 0.25) is 5.91 Å². The van der Waals surface area contributed by atoms with Crippen LogP contribution in [0.2, 0.25) is 0 Å². The molecule has 3 N–H and O–H groups in total. The summed E-state index contributed by atoms with van der Waals surface area (Å²) in [4.78, 5) is 15.5. The molecule has 0 heterocycles. The lowest BCUT2D eigenvalue weighted by molar-refractivity contribution is -0.126. The summed E-state index contributed by atoms with van der Waals surface area (Å²) in [5, 5.41) is 0. The highest BCUT2D eigenvalue weighted by Gasteiger charge is 2.10. The molecule has 1 aromatic rings. The van der Waals surface area contributed by atoms with E-state index in [1.807, 2.05) is 30.3 Å². The number of carbonyl (C=O) groups excluding carboxylic acids is 1. The van der Waals surface area contributed by atoms with E-state index in [4.69, 9.17) is 15.3 Å². The average molecular weight is 224 g/mol. The molecule has 0 aliphatic rings. The Morgan fingerprint density at radius 3 is 2.69 bits per heavy atom. The number of nitrogens with two attached hydrogens (primary N) is 1. The molecule has 0 aliphatic carbocycles. The van der Waals surface area contributed by atoms with E-state index in [-0.39, 0.29) is 12.6 Å². The Balaban J connectivity index is 2.51. The molecule has 5 heteroatoms. The fourth-order valence-electron chi connectivity index (χ4n) is 1.26. The van der Waals surface area contributed by atoms with Crippen LogP contribution in [0.15, 0.2) is 30.3 Å². The first-order valence-corrected chi connectivity index (χ1v) is 4.93. The lowest BCUT2D eigenvalue weighted by Crippen LogP contribution is -2.30. The van der Waals surface area contributed by atoms with Crippen LogP contribution in [0.3, 0.4) is 0 Å². The molecular formula is C11H16N2O3. The highest BCUT2D eigenvalue weighted by atomic mass is 16.6. The SMILES string of the molecule is COCC(NOCC(N)=O)c1ccccc1. The van der Waals surface area contributed by atoms with E-state index in [1.54, 1.807) is 7.11 Å². The van der Waals surface area contributed by atoms with Gasteiger partial charge in [0.05, 0.1) is 12.6 Å². The quantitative estimate of drug-likeness (QED) is 0.657. The third-order valence-electron chi connectivity index (χ3n) is 1.98. The number of carbonyl (C=O) groups is 1. The molecule has 1 unspecified atom stereocenters. The van der Waals surface area contributed by atoms with E-state index < -0.39 is 5.91 Å². The van der Waals surface area contributed by atoms with Crippen LogP contribution in [0.5, 0.6) is 0 Å². The third-order valence-corrected chi connectivity index (χ3v) is 1.98. The van der Waals surface area contributed by atoms with Crippen molar-refractivity contribution in [3.8, 4) is 0 Å². The summed E-state index contributed by atoms with van der Waals surface area (Å²) in [7, 11) is 1.60. The summed E-state index contributed by atoms with van der Waals surface area (Å²) < 4.78 is 5.06. The Bertz CT molecular complexity index is 316. The Kier molecular flexibility index (Phi) is 5.49. The first-order valence-electron chi connectivity index (χ1n) is 4.93. The van der Waals surface area contributed by atoms with Crippen molar-refractivity contribution >= 4 is 5.91 Å². The zero-order valence-corrected chi connectivity index (χ0v) is 9.18. The standard InChI is InChI=1S/C11H16N2O3/c1-15-7-10(13-16-8-11(12)14)9-5-3-2-4-6-9/h2-6,10,13H,7-8H2,1H3,(H2,12,14). The van der Waals surface area contributed by atoms with Crippen LogP contribution in [0.4, 0.5) is 0 Å². The van der Waals surface area contributed by atoms with Crippen molar-refractivity contribution in [1.82, 2.24) is 5.48 Å². The van der Waals surface area contributed by atoms with Gasteiger partial charge in [-0.1, -0.05) is 30.3 Å². The van der Waals surface area contributed by atoms with Crippen LogP contribution in [-0.2, 0) is 14.4 Å². The van der Waals surface area contributed by atoms with Crippen LogP contribution in [-0.4, -0.2) is 26.2 Å². The van der Waals surface area contributed by atoms with Crippen molar-refractivity contribution in [2.45, 2.75) is 6.04 Å². The van der Waals surface area contributed by atoms with Gasteiger partial charge in [-0.3, -0.25) is 9.63 Å². The van der Waals surface area contributed by atoms with Gasteiger partial charge in [-0.05, 0) is 5.56 Å². The average Bonchev–Trinajstić information content (AvgIpc) is 2.29. The van der Waals surface area contributed by atoms with E-state index in [9.17, 15) is 4.79 Å². The van der Waals surface area contributed by atoms with Crippen LogP contribution < -0.4 is 11.2 Å². The van der Waals surface area contributed by atoms with E-state index >= 15 is 0 Å². The van der Waals surface area contributed by atoms with Crippen molar-refractivity contribution < 1.29 is 14.4 Å². The topological polar surface area (TPSA) is 73.6 Å². The minimum atomic E-state index is -0.517. The summed E-state index contributed by atoms with van der Waals surface area (Å²) >= 11 is 0. The van der Waals surface area contributed by atoms with Crippen LogP contribution >= 0.6 is 0 Å². The van der Waals surface area contributed by atoms with Gasteiger partial charge in [-0.2, -0.15) is 5.48 Å². The van der Waals surface area contributed by atoms with E-state index in [1.165, 1.54) is 0 Å². The predicted octanol–water partition coefficient (Wildman–Crippen LogP) is 0.381. The van der Waals surface area contributed by atoms with Crippen molar-refractivity contribution in [1.29, 1.82) is 0 Å². The fourth-order valence-corrected chi connectivity index (χ4v) is 1.26. The van der Waals surface area contributed by atoms with Gasteiger partial charge < -0.3 is 10.5 Å². The Morgan fingerprint density at radius 1 is 1.44 bits per heavy atom. The first-order chi connectivity index (χ1) is 7.74. The van der Waals surface area contributed by atoms with Gasteiger partial charge in [-0.25, -0.2) is 0 Å². The maximum absolute atomic E-state index is 10.5. The van der Waals surface area contributed by atoms with Gasteiger partial charge in [-0.15, -0.1) is 0 Å². The van der Waals surface area contributed by atoms with E-state index in [2.05, 4.69) is 5.48 Å². The zero-order valence-electron chi connectivity index (χ0n) is 9.18. The summed E-state index contributed by atoms with van der Waals surface area (Å²) in [5.74, 6) is -0.517. The number of rotatable bonds is 7. The summed E-state index contributed by atoms with van der Waals surface area (Å²) in [5.41, 5.74) is 8.72. The van der Waals surface area contributed by atoms with Crippen LogP contribution in [0.25, 0.3) is 0 Å². The number of amides is 1. The number of ether oxygens (including phenoxy) is 1. The fraction of sp³-hybridized carbons (Fsp3) is 0.364. The number of primary amides is 1. The summed E-state index contributed by atoms with van der Waals surface area (Å²) in [6.07, 6.45) is 0. The molecule has 0 radical (unpaired) electrons. The highest BCUT2D eigenvalue weighted by molar-refractivity contribution is 5.74. The number of methoxy groups -OCH3 is 1. The monoisotopic (exact) mass is 224 g/mol. The van der Waals surface area contributed by atoms with Gasteiger partial charge in [0.1, 0.15) is 6.61 Å². The second kappa shape index (κ2) is 6.95. The molecule has 0 spiro atoms.